The van der Waals surface area contributed by atoms with E-state index in [9.17, 15) is 0 Å². The molecular formula is C7H16OSi. The third kappa shape index (κ3) is 7.92. The molecule has 0 fully saturated rings. The van der Waals surface area contributed by atoms with Crippen molar-refractivity contribution in [3.63, 3.8) is 0 Å². The van der Waals surface area contributed by atoms with E-state index in [1.54, 1.807) is 0 Å². The Bertz CT molecular complexity index is 81.0. The lowest BCUT2D eigenvalue weighted by Gasteiger charge is -2.00. The largest absolute Gasteiger partial charge is 0.377 e. The summed E-state index contributed by atoms with van der Waals surface area (Å²) in [7, 11) is 1.30. The summed E-state index contributed by atoms with van der Waals surface area (Å²) >= 11 is 0. The molecule has 0 aliphatic heterocycles. The highest BCUT2D eigenvalue weighted by atomic mass is 28.1. The van der Waals surface area contributed by atoms with Crippen LogP contribution in [0.5, 0.6) is 0 Å². The first kappa shape index (κ1) is 8.92. The summed E-state index contributed by atoms with van der Waals surface area (Å²) in [5.41, 5.74) is 1.11. The van der Waals surface area contributed by atoms with Gasteiger partial charge in [0.1, 0.15) is 0 Å². The van der Waals surface area contributed by atoms with Crippen molar-refractivity contribution in [3.05, 3.63) is 12.2 Å². The molecule has 0 saturated heterocycles. The minimum Gasteiger partial charge on any atom is -0.377 e. The van der Waals surface area contributed by atoms with E-state index in [0.29, 0.717) is 0 Å². The number of rotatable bonds is 5. The summed E-state index contributed by atoms with van der Waals surface area (Å²) in [5, 5.41) is 0. The van der Waals surface area contributed by atoms with E-state index in [2.05, 4.69) is 6.58 Å². The fourth-order valence-corrected chi connectivity index (χ4v) is 0.781. The molecular weight excluding hydrogens is 128 g/mol. The van der Waals surface area contributed by atoms with Gasteiger partial charge in [-0.3, -0.25) is 0 Å². The Labute approximate surface area is 60.5 Å². The molecule has 0 atom stereocenters. The predicted molar refractivity (Wildman–Crippen MR) is 45.0 cm³/mol. The quantitative estimate of drug-likeness (QED) is 0.314. The van der Waals surface area contributed by atoms with Gasteiger partial charge < -0.3 is 4.74 Å². The minimum atomic E-state index is 0.738. The molecule has 0 aromatic rings. The van der Waals surface area contributed by atoms with Gasteiger partial charge in [0.15, 0.2) is 0 Å². The summed E-state index contributed by atoms with van der Waals surface area (Å²) in [6.07, 6.45) is 1.22. The van der Waals surface area contributed by atoms with Gasteiger partial charge in [0, 0.05) is 16.8 Å². The van der Waals surface area contributed by atoms with Crippen LogP contribution in [0.4, 0.5) is 0 Å². The van der Waals surface area contributed by atoms with Crippen LogP contribution in [0.2, 0.25) is 6.04 Å². The highest BCUT2D eigenvalue weighted by molar-refractivity contribution is 6.08. The zero-order chi connectivity index (χ0) is 7.11. The predicted octanol–water partition coefficient (Wildman–Crippen LogP) is 0.753. The first-order valence-electron chi connectivity index (χ1n) is 3.49. The van der Waals surface area contributed by atoms with Crippen LogP contribution in [-0.4, -0.2) is 23.5 Å². The molecule has 54 valence electrons. The molecule has 2 heteroatoms. The van der Waals surface area contributed by atoms with Crippen molar-refractivity contribution >= 4 is 10.2 Å². The zero-order valence-electron chi connectivity index (χ0n) is 6.44. The molecule has 0 rings (SSSR count). The molecule has 0 radical (unpaired) electrons. The molecule has 0 heterocycles. The minimum absolute atomic E-state index is 0.738. The van der Waals surface area contributed by atoms with Crippen LogP contribution in [0, 0.1) is 0 Å². The molecule has 0 saturated carbocycles. The van der Waals surface area contributed by atoms with Crippen molar-refractivity contribution in [1.82, 2.24) is 0 Å². The van der Waals surface area contributed by atoms with Gasteiger partial charge in [0.2, 0.25) is 0 Å². The fourth-order valence-electron chi connectivity index (χ4n) is 0.493. The molecule has 0 spiro atoms. The third-order valence-electron chi connectivity index (χ3n) is 0.991. The van der Waals surface area contributed by atoms with Gasteiger partial charge in [-0.1, -0.05) is 18.2 Å². The van der Waals surface area contributed by atoms with Crippen LogP contribution in [0.25, 0.3) is 0 Å². The Morgan fingerprint density at radius 1 is 1.67 bits per heavy atom. The van der Waals surface area contributed by atoms with Crippen molar-refractivity contribution in [3.8, 4) is 0 Å². The molecule has 9 heavy (non-hydrogen) atoms. The monoisotopic (exact) mass is 144 g/mol. The lowest BCUT2D eigenvalue weighted by atomic mass is 10.4. The first-order chi connectivity index (χ1) is 4.27. The SMILES string of the molecule is C=C(C)COCCC[SiH3]. The van der Waals surface area contributed by atoms with Crippen LogP contribution in [0.3, 0.4) is 0 Å². The number of hydrogen-bond donors (Lipinski definition) is 0. The molecule has 0 aromatic heterocycles. The van der Waals surface area contributed by atoms with Gasteiger partial charge in [-0.2, -0.15) is 0 Å². The van der Waals surface area contributed by atoms with Crippen molar-refractivity contribution in [2.24, 2.45) is 0 Å². The maximum atomic E-state index is 5.26. The van der Waals surface area contributed by atoms with Gasteiger partial charge in [-0.05, 0) is 13.3 Å². The second kappa shape index (κ2) is 6.04. The highest BCUT2D eigenvalue weighted by Crippen LogP contribution is 1.91. The summed E-state index contributed by atoms with van der Waals surface area (Å²) in [6.45, 7) is 7.37. The van der Waals surface area contributed by atoms with E-state index in [0.717, 1.165) is 18.8 Å². The Balaban J connectivity index is 2.83. The van der Waals surface area contributed by atoms with E-state index in [4.69, 9.17) is 4.74 Å². The van der Waals surface area contributed by atoms with Crippen molar-refractivity contribution in [1.29, 1.82) is 0 Å². The number of ether oxygens (including phenoxy) is 1. The first-order valence-corrected chi connectivity index (χ1v) is 4.91. The van der Waals surface area contributed by atoms with Crippen molar-refractivity contribution in [2.75, 3.05) is 13.2 Å². The highest BCUT2D eigenvalue weighted by Gasteiger charge is 1.85. The standard InChI is InChI=1S/C7H16OSi/c1-7(2)6-8-4-3-5-9/h1,3-6H2,2,9H3. The second-order valence-corrected chi connectivity index (χ2v) is 3.36. The van der Waals surface area contributed by atoms with E-state index in [-0.39, 0.29) is 0 Å². The Morgan fingerprint density at radius 2 is 2.33 bits per heavy atom. The average Bonchev–Trinajstić information content (AvgIpc) is 1.80. The molecule has 0 aliphatic rings. The van der Waals surface area contributed by atoms with Gasteiger partial charge in [-0.15, -0.1) is 0 Å². The van der Waals surface area contributed by atoms with Crippen molar-refractivity contribution < 1.29 is 4.74 Å². The van der Waals surface area contributed by atoms with Crippen LogP contribution >= 0.6 is 0 Å². The molecule has 0 N–H and O–H groups in total. The Hall–Kier alpha value is -0.0831. The maximum absolute atomic E-state index is 5.26. The van der Waals surface area contributed by atoms with Crippen molar-refractivity contribution in [2.45, 2.75) is 19.4 Å². The van der Waals surface area contributed by atoms with E-state index in [1.807, 2.05) is 6.92 Å². The van der Waals surface area contributed by atoms with Crippen LogP contribution in [0.15, 0.2) is 12.2 Å². The van der Waals surface area contributed by atoms with Gasteiger partial charge in [0.05, 0.1) is 6.61 Å². The van der Waals surface area contributed by atoms with E-state index in [1.165, 1.54) is 22.7 Å². The lowest BCUT2D eigenvalue weighted by Crippen LogP contribution is -1.96. The maximum Gasteiger partial charge on any atom is 0.0671 e. The summed E-state index contributed by atoms with van der Waals surface area (Å²) in [4.78, 5) is 0. The molecule has 0 aromatic carbocycles. The van der Waals surface area contributed by atoms with Gasteiger partial charge in [-0.25, -0.2) is 0 Å². The van der Waals surface area contributed by atoms with Crippen LogP contribution < -0.4 is 0 Å². The summed E-state index contributed by atoms with van der Waals surface area (Å²) in [5.74, 6) is 0. The zero-order valence-corrected chi connectivity index (χ0v) is 8.44. The van der Waals surface area contributed by atoms with E-state index < -0.39 is 0 Å². The van der Waals surface area contributed by atoms with E-state index >= 15 is 0 Å². The number of hydrogen-bond acceptors (Lipinski definition) is 1. The topological polar surface area (TPSA) is 9.23 Å². The molecule has 0 unspecified atom stereocenters. The Kier molecular flexibility index (Phi) is 5.99. The third-order valence-corrected chi connectivity index (χ3v) is 1.70. The molecule has 0 bridgehead atoms. The molecule has 0 aliphatic carbocycles. The lowest BCUT2D eigenvalue weighted by molar-refractivity contribution is 0.157. The molecule has 1 nitrogen and oxygen atoms in total. The molecule has 0 amide bonds. The Morgan fingerprint density at radius 3 is 2.78 bits per heavy atom. The summed E-state index contributed by atoms with van der Waals surface area (Å²) < 4.78 is 5.26. The second-order valence-electron chi connectivity index (χ2n) is 2.36. The fraction of sp³-hybridized carbons (Fsp3) is 0.714. The van der Waals surface area contributed by atoms with Crippen LogP contribution in [-0.2, 0) is 4.74 Å². The normalized spacial score (nSPS) is 9.89. The van der Waals surface area contributed by atoms with Gasteiger partial charge in [0.25, 0.3) is 0 Å². The van der Waals surface area contributed by atoms with Gasteiger partial charge >= 0.3 is 0 Å². The average molecular weight is 144 g/mol. The van der Waals surface area contributed by atoms with Crippen LogP contribution in [0.1, 0.15) is 13.3 Å². The smallest absolute Gasteiger partial charge is 0.0671 e. The summed E-state index contributed by atoms with van der Waals surface area (Å²) in [6, 6.07) is 1.34.